The lowest BCUT2D eigenvalue weighted by molar-refractivity contribution is 0.183. The second kappa shape index (κ2) is 7.52. The second-order valence-electron chi connectivity index (χ2n) is 4.94. The Morgan fingerprint density at radius 3 is 2.50 bits per heavy atom. The van der Waals surface area contributed by atoms with E-state index in [4.69, 9.17) is 9.84 Å². The quantitative estimate of drug-likeness (QED) is 0.746. The number of hydrogen-bond donors (Lipinski definition) is 2. The molecule has 1 aromatic carbocycles. The molecule has 2 N–H and O–H groups in total. The van der Waals surface area contributed by atoms with Gasteiger partial charge in [0.25, 0.3) is 0 Å². The number of aliphatic hydroxyl groups excluding tert-OH is 1. The average Bonchev–Trinajstić information content (AvgIpc) is 2.38. The van der Waals surface area contributed by atoms with E-state index in [2.05, 4.69) is 31.3 Å². The molecule has 0 aliphatic rings. The smallest absolute Gasteiger partial charge is 0.0716 e. The van der Waals surface area contributed by atoms with Gasteiger partial charge in [-0.05, 0) is 30.9 Å². The molecule has 0 aliphatic heterocycles. The summed E-state index contributed by atoms with van der Waals surface area (Å²) in [6.07, 6.45) is 1.77. The maximum Gasteiger partial charge on any atom is 0.0716 e. The summed E-state index contributed by atoms with van der Waals surface area (Å²) in [6, 6.07) is 8.29. The summed E-state index contributed by atoms with van der Waals surface area (Å²) in [5.74, 6) is 0. The molecule has 0 amide bonds. The lowest BCUT2D eigenvalue weighted by atomic mass is 9.94. The molecule has 1 aromatic rings. The van der Waals surface area contributed by atoms with Crippen molar-refractivity contribution in [1.29, 1.82) is 0 Å². The van der Waals surface area contributed by atoms with Crippen LogP contribution < -0.4 is 5.32 Å². The highest BCUT2D eigenvalue weighted by atomic mass is 16.5. The van der Waals surface area contributed by atoms with Gasteiger partial charge in [0.1, 0.15) is 0 Å². The van der Waals surface area contributed by atoms with E-state index >= 15 is 0 Å². The summed E-state index contributed by atoms with van der Waals surface area (Å²) >= 11 is 0. The Hall–Kier alpha value is -0.900. The Kier molecular flexibility index (Phi) is 6.33. The molecule has 0 spiro atoms. The van der Waals surface area contributed by atoms with E-state index in [1.165, 1.54) is 11.1 Å². The molecule has 102 valence electrons. The molecule has 1 atom stereocenters. The van der Waals surface area contributed by atoms with Gasteiger partial charge in [0, 0.05) is 25.8 Å². The predicted octanol–water partition coefficient (Wildman–Crippen LogP) is 2.47. The van der Waals surface area contributed by atoms with E-state index in [0.717, 1.165) is 19.4 Å². The number of rotatable bonds is 8. The van der Waals surface area contributed by atoms with Gasteiger partial charge >= 0.3 is 0 Å². The van der Waals surface area contributed by atoms with Crippen LogP contribution in [0.1, 0.15) is 37.8 Å². The fourth-order valence-electron chi connectivity index (χ4n) is 1.97. The standard InChI is InChI=1S/C15H25NO2/c1-4-15(2,9-10-17)16-11-13-7-5-6-8-14(13)12-18-3/h5-8,16-17H,4,9-12H2,1-3H3. The largest absolute Gasteiger partial charge is 0.396 e. The first kappa shape index (κ1) is 15.2. The Bertz CT molecular complexity index is 354. The topological polar surface area (TPSA) is 41.5 Å². The van der Waals surface area contributed by atoms with Crippen molar-refractivity contribution in [1.82, 2.24) is 5.32 Å². The summed E-state index contributed by atoms with van der Waals surface area (Å²) in [5.41, 5.74) is 2.47. The minimum Gasteiger partial charge on any atom is -0.396 e. The normalized spacial score (nSPS) is 14.4. The third-order valence-corrected chi connectivity index (χ3v) is 3.57. The minimum atomic E-state index is -0.00503. The Balaban J connectivity index is 2.67. The van der Waals surface area contributed by atoms with Crippen LogP contribution in [0, 0.1) is 0 Å². The predicted molar refractivity (Wildman–Crippen MR) is 74.4 cm³/mol. The molecule has 0 radical (unpaired) electrons. The van der Waals surface area contributed by atoms with Crippen molar-refractivity contribution in [3.8, 4) is 0 Å². The Morgan fingerprint density at radius 2 is 1.94 bits per heavy atom. The first-order valence-electron chi connectivity index (χ1n) is 6.57. The molecular weight excluding hydrogens is 226 g/mol. The highest BCUT2D eigenvalue weighted by Crippen LogP contribution is 2.16. The molecule has 18 heavy (non-hydrogen) atoms. The van der Waals surface area contributed by atoms with Gasteiger partial charge in [-0.3, -0.25) is 0 Å². The maximum absolute atomic E-state index is 9.11. The van der Waals surface area contributed by atoms with Crippen molar-refractivity contribution in [3.63, 3.8) is 0 Å². The summed E-state index contributed by atoms with van der Waals surface area (Å²) in [4.78, 5) is 0. The molecule has 1 unspecified atom stereocenters. The van der Waals surface area contributed by atoms with Crippen molar-refractivity contribution >= 4 is 0 Å². The van der Waals surface area contributed by atoms with Crippen molar-refractivity contribution in [2.45, 2.75) is 45.4 Å². The average molecular weight is 251 g/mol. The van der Waals surface area contributed by atoms with Crippen LogP contribution in [0.15, 0.2) is 24.3 Å². The molecule has 0 saturated heterocycles. The number of aliphatic hydroxyl groups is 1. The zero-order valence-electron chi connectivity index (χ0n) is 11.7. The monoisotopic (exact) mass is 251 g/mol. The Labute approximate surface area is 110 Å². The highest BCUT2D eigenvalue weighted by molar-refractivity contribution is 5.26. The van der Waals surface area contributed by atoms with Crippen LogP contribution in [0.3, 0.4) is 0 Å². The SMILES string of the molecule is CCC(C)(CCO)NCc1ccccc1COC. The third kappa shape index (κ3) is 4.41. The van der Waals surface area contributed by atoms with Crippen LogP contribution in [-0.4, -0.2) is 24.4 Å². The van der Waals surface area contributed by atoms with Crippen molar-refractivity contribution < 1.29 is 9.84 Å². The molecular formula is C15H25NO2. The summed E-state index contributed by atoms with van der Waals surface area (Å²) in [7, 11) is 1.71. The van der Waals surface area contributed by atoms with Crippen LogP contribution in [0.4, 0.5) is 0 Å². The fraction of sp³-hybridized carbons (Fsp3) is 0.600. The van der Waals surface area contributed by atoms with Crippen molar-refractivity contribution in [3.05, 3.63) is 35.4 Å². The zero-order valence-corrected chi connectivity index (χ0v) is 11.7. The van der Waals surface area contributed by atoms with Crippen LogP contribution in [-0.2, 0) is 17.9 Å². The van der Waals surface area contributed by atoms with Crippen LogP contribution in [0.25, 0.3) is 0 Å². The van der Waals surface area contributed by atoms with E-state index in [1.807, 2.05) is 12.1 Å². The molecule has 0 aromatic heterocycles. The van der Waals surface area contributed by atoms with E-state index in [1.54, 1.807) is 7.11 Å². The van der Waals surface area contributed by atoms with Crippen molar-refractivity contribution in [2.75, 3.05) is 13.7 Å². The number of hydrogen-bond acceptors (Lipinski definition) is 3. The molecule has 1 rings (SSSR count). The lowest BCUT2D eigenvalue weighted by Crippen LogP contribution is -2.42. The van der Waals surface area contributed by atoms with E-state index in [0.29, 0.717) is 6.61 Å². The summed E-state index contributed by atoms with van der Waals surface area (Å²) in [5, 5.41) is 12.7. The zero-order chi connectivity index (χ0) is 13.4. The molecule has 0 heterocycles. The van der Waals surface area contributed by atoms with Gasteiger partial charge in [-0.1, -0.05) is 31.2 Å². The van der Waals surface area contributed by atoms with Gasteiger partial charge in [-0.15, -0.1) is 0 Å². The minimum absolute atomic E-state index is 0.00503. The maximum atomic E-state index is 9.11. The van der Waals surface area contributed by atoms with E-state index < -0.39 is 0 Å². The van der Waals surface area contributed by atoms with Gasteiger partial charge in [0.2, 0.25) is 0 Å². The van der Waals surface area contributed by atoms with Crippen LogP contribution in [0.2, 0.25) is 0 Å². The van der Waals surface area contributed by atoms with Gasteiger partial charge in [-0.25, -0.2) is 0 Å². The molecule has 0 saturated carbocycles. The van der Waals surface area contributed by atoms with Crippen LogP contribution in [0.5, 0.6) is 0 Å². The van der Waals surface area contributed by atoms with Gasteiger partial charge in [-0.2, -0.15) is 0 Å². The van der Waals surface area contributed by atoms with Gasteiger partial charge < -0.3 is 15.2 Å². The molecule has 0 aliphatic carbocycles. The first-order chi connectivity index (χ1) is 8.65. The Morgan fingerprint density at radius 1 is 1.28 bits per heavy atom. The number of ether oxygens (including phenoxy) is 1. The second-order valence-corrected chi connectivity index (χ2v) is 4.94. The van der Waals surface area contributed by atoms with Crippen LogP contribution >= 0.6 is 0 Å². The van der Waals surface area contributed by atoms with Gasteiger partial charge in [0.15, 0.2) is 0 Å². The third-order valence-electron chi connectivity index (χ3n) is 3.57. The highest BCUT2D eigenvalue weighted by Gasteiger charge is 2.20. The fourth-order valence-corrected chi connectivity index (χ4v) is 1.97. The molecule has 0 bridgehead atoms. The van der Waals surface area contributed by atoms with E-state index in [9.17, 15) is 0 Å². The number of nitrogens with one attached hydrogen (secondary N) is 1. The first-order valence-corrected chi connectivity index (χ1v) is 6.57. The lowest BCUT2D eigenvalue weighted by Gasteiger charge is -2.29. The number of methoxy groups -OCH3 is 1. The summed E-state index contributed by atoms with van der Waals surface area (Å²) < 4.78 is 5.21. The van der Waals surface area contributed by atoms with Gasteiger partial charge in [0.05, 0.1) is 6.61 Å². The molecule has 3 heteroatoms. The molecule has 0 fully saturated rings. The van der Waals surface area contributed by atoms with Crippen molar-refractivity contribution in [2.24, 2.45) is 0 Å². The summed E-state index contributed by atoms with van der Waals surface area (Å²) in [6.45, 7) is 5.97. The number of benzene rings is 1. The van der Waals surface area contributed by atoms with E-state index in [-0.39, 0.29) is 12.1 Å². The molecule has 3 nitrogen and oxygen atoms in total.